The van der Waals surface area contributed by atoms with Crippen molar-refractivity contribution in [2.75, 3.05) is 13.6 Å². The monoisotopic (exact) mass is 248 g/mol. The van der Waals surface area contributed by atoms with Gasteiger partial charge in [-0.2, -0.15) is 0 Å². The largest absolute Gasteiger partial charge is 0.344 e. The number of hydrogen-bond donors (Lipinski definition) is 1. The Morgan fingerprint density at radius 2 is 1.78 bits per heavy atom. The Bertz CT molecular complexity index is 382. The minimum Gasteiger partial charge on any atom is -0.344 e. The Hall–Kier alpha value is -1.35. The van der Waals surface area contributed by atoms with Gasteiger partial charge in [-0.3, -0.25) is 4.79 Å². The molecule has 18 heavy (non-hydrogen) atoms. The van der Waals surface area contributed by atoms with Crippen molar-refractivity contribution in [3.8, 4) is 0 Å². The number of rotatable bonds is 5. The van der Waals surface area contributed by atoms with Gasteiger partial charge >= 0.3 is 0 Å². The van der Waals surface area contributed by atoms with Crippen LogP contribution in [0, 0.1) is 0 Å². The summed E-state index contributed by atoms with van der Waals surface area (Å²) in [6.07, 6.45) is 0.868. The number of likely N-dealkylation sites (N-methyl/N-ethyl adjacent to an activating group) is 1. The van der Waals surface area contributed by atoms with Gasteiger partial charge in [0.05, 0.1) is 6.04 Å². The third kappa shape index (κ3) is 4.15. The van der Waals surface area contributed by atoms with E-state index >= 15 is 0 Å². The van der Waals surface area contributed by atoms with E-state index in [0.717, 1.165) is 6.42 Å². The van der Waals surface area contributed by atoms with E-state index < -0.39 is 6.04 Å². The number of carbonyl (C=O) groups excluding carboxylic acids is 1. The van der Waals surface area contributed by atoms with Gasteiger partial charge in [-0.05, 0) is 30.4 Å². The second-order valence-electron chi connectivity index (χ2n) is 5.19. The van der Waals surface area contributed by atoms with Crippen LogP contribution in [0.5, 0.6) is 0 Å². The number of nitrogens with two attached hydrogens (primary N) is 1. The number of benzene rings is 1. The van der Waals surface area contributed by atoms with E-state index in [1.54, 1.807) is 18.9 Å². The summed E-state index contributed by atoms with van der Waals surface area (Å²) >= 11 is 0. The zero-order chi connectivity index (χ0) is 13.7. The highest BCUT2D eigenvalue weighted by Gasteiger charge is 2.12. The molecule has 0 aliphatic carbocycles. The highest BCUT2D eigenvalue weighted by Crippen LogP contribution is 2.15. The molecule has 1 rings (SSSR count). The molecule has 2 N–H and O–H groups in total. The number of nitrogens with zero attached hydrogens (tertiary/aromatic N) is 1. The SMILES string of the molecule is CC(N)C(=O)N(C)CCc1ccc(C(C)C)cc1. The van der Waals surface area contributed by atoms with Gasteiger partial charge in [-0.1, -0.05) is 38.1 Å². The van der Waals surface area contributed by atoms with E-state index in [4.69, 9.17) is 5.73 Å². The lowest BCUT2D eigenvalue weighted by molar-refractivity contribution is -0.130. The van der Waals surface area contributed by atoms with Crippen LogP contribution in [0.4, 0.5) is 0 Å². The molecule has 0 bridgehead atoms. The first-order chi connectivity index (χ1) is 8.41. The molecule has 0 radical (unpaired) electrons. The van der Waals surface area contributed by atoms with Gasteiger partial charge in [0.15, 0.2) is 0 Å². The molecule has 0 spiro atoms. The normalized spacial score (nSPS) is 12.6. The zero-order valence-corrected chi connectivity index (χ0v) is 11.8. The third-order valence-corrected chi connectivity index (χ3v) is 3.15. The molecular weight excluding hydrogens is 224 g/mol. The van der Waals surface area contributed by atoms with Crippen molar-refractivity contribution in [2.45, 2.75) is 39.2 Å². The van der Waals surface area contributed by atoms with Crippen LogP contribution in [-0.4, -0.2) is 30.4 Å². The van der Waals surface area contributed by atoms with Gasteiger partial charge < -0.3 is 10.6 Å². The second-order valence-corrected chi connectivity index (χ2v) is 5.19. The highest BCUT2D eigenvalue weighted by molar-refractivity contribution is 5.80. The van der Waals surface area contributed by atoms with Crippen molar-refractivity contribution in [1.82, 2.24) is 4.90 Å². The van der Waals surface area contributed by atoms with E-state index in [1.807, 2.05) is 0 Å². The summed E-state index contributed by atoms with van der Waals surface area (Å²) < 4.78 is 0. The van der Waals surface area contributed by atoms with Gasteiger partial charge in [0.2, 0.25) is 5.91 Å². The van der Waals surface area contributed by atoms with Gasteiger partial charge in [0.25, 0.3) is 0 Å². The number of hydrogen-bond acceptors (Lipinski definition) is 2. The average Bonchev–Trinajstić information content (AvgIpc) is 2.35. The fraction of sp³-hybridized carbons (Fsp3) is 0.533. The lowest BCUT2D eigenvalue weighted by atomic mass is 10.0. The number of carbonyl (C=O) groups is 1. The Labute approximate surface area is 110 Å². The standard InChI is InChI=1S/C15H24N2O/c1-11(2)14-7-5-13(6-8-14)9-10-17(4)15(18)12(3)16/h5-8,11-12H,9-10,16H2,1-4H3. The molecule has 3 nitrogen and oxygen atoms in total. The predicted molar refractivity (Wildman–Crippen MR) is 75.5 cm³/mol. The fourth-order valence-electron chi connectivity index (χ4n) is 1.82. The van der Waals surface area contributed by atoms with Gasteiger partial charge in [0, 0.05) is 13.6 Å². The molecule has 0 fully saturated rings. The van der Waals surface area contributed by atoms with E-state index in [1.165, 1.54) is 11.1 Å². The molecule has 3 heteroatoms. The lowest BCUT2D eigenvalue weighted by Crippen LogP contribution is -2.40. The maximum absolute atomic E-state index is 11.6. The van der Waals surface area contributed by atoms with Crippen molar-refractivity contribution < 1.29 is 4.79 Å². The molecule has 1 atom stereocenters. The Balaban J connectivity index is 2.51. The first-order valence-electron chi connectivity index (χ1n) is 6.51. The van der Waals surface area contributed by atoms with Crippen molar-refractivity contribution in [2.24, 2.45) is 5.73 Å². The van der Waals surface area contributed by atoms with Crippen LogP contribution < -0.4 is 5.73 Å². The Morgan fingerprint density at radius 3 is 2.22 bits per heavy atom. The fourth-order valence-corrected chi connectivity index (χ4v) is 1.82. The first-order valence-corrected chi connectivity index (χ1v) is 6.51. The summed E-state index contributed by atoms with van der Waals surface area (Å²) in [5.74, 6) is 0.551. The lowest BCUT2D eigenvalue weighted by Gasteiger charge is -2.19. The maximum atomic E-state index is 11.6. The molecule has 0 aromatic heterocycles. The van der Waals surface area contributed by atoms with E-state index in [-0.39, 0.29) is 5.91 Å². The van der Waals surface area contributed by atoms with E-state index in [0.29, 0.717) is 12.5 Å². The van der Waals surface area contributed by atoms with Crippen molar-refractivity contribution >= 4 is 5.91 Å². The van der Waals surface area contributed by atoms with Crippen LogP contribution in [0.3, 0.4) is 0 Å². The minimum absolute atomic E-state index is 0.00574. The smallest absolute Gasteiger partial charge is 0.238 e. The van der Waals surface area contributed by atoms with Crippen molar-refractivity contribution in [3.05, 3.63) is 35.4 Å². The quantitative estimate of drug-likeness (QED) is 0.868. The van der Waals surface area contributed by atoms with E-state index in [9.17, 15) is 4.79 Å². The summed E-state index contributed by atoms with van der Waals surface area (Å²) in [5.41, 5.74) is 8.17. The summed E-state index contributed by atoms with van der Waals surface area (Å²) in [7, 11) is 1.80. The van der Waals surface area contributed by atoms with Crippen LogP contribution in [-0.2, 0) is 11.2 Å². The van der Waals surface area contributed by atoms with E-state index in [2.05, 4.69) is 38.1 Å². The maximum Gasteiger partial charge on any atom is 0.238 e. The topological polar surface area (TPSA) is 46.3 Å². The molecule has 0 aliphatic heterocycles. The molecule has 0 saturated heterocycles. The molecule has 1 amide bonds. The van der Waals surface area contributed by atoms with Crippen LogP contribution >= 0.6 is 0 Å². The Kier molecular flexibility index (Phi) is 5.35. The number of amides is 1. The van der Waals surface area contributed by atoms with Crippen LogP contribution in [0.25, 0.3) is 0 Å². The molecule has 100 valence electrons. The molecular formula is C15H24N2O. The van der Waals surface area contributed by atoms with Crippen LogP contribution in [0.15, 0.2) is 24.3 Å². The molecule has 0 aliphatic rings. The summed E-state index contributed by atoms with van der Waals surface area (Å²) in [5, 5.41) is 0. The molecule has 0 saturated carbocycles. The highest BCUT2D eigenvalue weighted by atomic mass is 16.2. The summed E-state index contributed by atoms with van der Waals surface area (Å²) in [4.78, 5) is 13.3. The molecule has 1 aromatic rings. The molecule has 1 aromatic carbocycles. The van der Waals surface area contributed by atoms with Crippen molar-refractivity contribution in [3.63, 3.8) is 0 Å². The second kappa shape index (κ2) is 6.55. The minimum atomic E-state index is -0.418. The first kappa shape index (κ1) is 14.7. The zero-order valence-electron chi connectivity index (χ0n) is 11.8. The van der Waals surface area contributed by atoms with Gasteiger partial charge in [-0.15, -0.1) is 0 Å². The Morgan fingerprint density at radius 1 is 1.22 bits per heavy atom. The predicted octanol–water partition coefficient (Wildman–Crippen LogP) is 2.16. The van der Waals surface area contributed by atoms with Crippen LogP contribution in [0.2, 0.25) is 0 Å². The third-order valence-electron chi connectivity index (χ3n) is 3.15. The molecule has 1 unspecified atom stereocenters. The van der Waals surface area contributed by atoms with Gasteiger partial charge in [0.1, 0.15) is 0 Å². The van der Waals surface area contributed by atoms with Crippen molar-refractivity contribution in [1.29, 1.82) is 0 Å². The summed E-state index contributed by atoms with van der Waals surface area (Å²) in [6.45, 7) is 6.80. The molecule has 0 heterocycles. The van der Waals surface area contributed by atoms with Gasteiger partial charge in [-0.25, -0.2) is 0 Å². The summed E-state index contributed by atoms with van der Waals surface area (Å²) in [6, 6.07) is 8.18. The average molecular weight is 248 g/mol. The van der Waals surface area contributed by atoms with Crippen LogP contribution in [0.1, 0.15) is 37.8 Å².